The first kappa shape index (κ1) is 22.8. The number of amides is 1. The molecule has 2 aliphatic rings. The van der Waals surface area contributed by atoms with Crippen molar-refractivity contribution in [2.24, 2.45) is 0 Å². The number of carbonyl (C=O) groups excluding carboxylic acids is 1. The standard InChI is InChI=1S/C19H29N3O7S/c1-20-30(25,26)17-4-2-3-16(9-17)27-12-15(23)13-28-18(24)22-14-10-19(29-11-14)5-7-21-8-6-19/h2-4,9,14-15,20-21,23H,5-8,10-13H2,1H3,(H,22,24). The summed E-state index contributed by atoms with van der Waals surface area (Å²) in [6, 6.07) is 5.78. The first-order chi connectivity index (χ1) is 14.3. The van der Waals surface area contributed by atoms with Gasteiger partial charge in [0.25, 0.3) is 0 Å². The van der Waals surface area contributed by atoms with Gasteiger partial charge in [-0.05, 0) is 51.5 Å². The third kappa shape index (κ3) is 6.05. The molecule has 0 aliphatic carbocycles. The molecule has 2 atom stereocenters. The van der Waals surface area contributed by atoms with Gasteiger partial charge in [0, 0.05) is 6.07 Å². The number of sulfonamides is 1. The first-order valence-electron chi connectivity index (χ1n) is 9.94. The topological polar surface area (TPSA) is 135 Å². The highest BCUT2D eigenvalue weighted by atomic mass is 32.2. The second kappa shape index (κ2) is 9.92. The van der Waals surface area contributed by atoms with E-state index in [0.29, 0.717) is 6.61 Å². The molecule has 1 aromatic rings. The van der Waals surface area contributed by atoms with E-state index in [-0.39, 0.29) is 35.5 Å². The molecule has 0 aromatic heterocycles. The van der Waals surface area contributed by atoms with Gasteiger partial charge in [-0.3, -0.25) is 0 Å². The second-order valence-electron chi connectivity index (χ2n) is 7.54. The normalized spacial score (nSPS) is 21.9. The molecule has 168 valence electrons. The maximum absolute atomic E-state index is 12.0. The van der Waals surface area contributed by atoms with Crippen molar-refractivity contribution in [3.8, 4) is 5.75 Å². The van der Waals surface area contributed by atoms with Gasteiger partial charge in [-0.25, -0.2) is 17.9 Å². The van der Waals surface area contributed by atoms with Gasteiger partial charge in [-0.15, -0.1) is 0 Å². The van der Waals surface area contributed by atoms with Crippen LogP contribution in [-0.2, 0) is 19.5 Å². The van der Waals surface area contributed by atoms with Crippen LogP contribution >= 0.6 is 0 Å². The van der Waals surface area contributed by atoms with Crippen LogP contribution in [0.15, 0.2) is 29.2 Å². The highest BCUT2D eigenvalue weighted by Gasteiger charge is 2.41. The van der Waals surface area contributed by atoms with Crippen molar-refractivity contribution in [1.82, 2.24) is 15.4 Å². The van der Waals surface area contributed by atoms with Gasteiger partial charge in [-0.2, -0.15) is 0 Å². The Morgan fingerprint density at radius 1 is 1.37 bits per heavy atom. The number of hydrogen-bond donors (Lipinski definition) is 4. The van der Waals surface area contributed by atoms with Crippen LogP contribution in [0.25, 0.3) is 0 Å². The molecule has 10 nitrogen and oxygen atoms in total. The van der Waals surface area contributed by atoms with Crippen LogP contribution in [0.1, 0.15) is 19.3 Å². The fourth-order valence-electron chi connectivity index (χ4n) is 3.64. The predicted octanol–water partition coefficient (Wildman–Crippen LogP) is -0.0283. The number of ether oxygens (including phenoxy) is 3. The molecular formula is C19H29N3O7S. The van der Waals surface area contributed by atoms with Crippen LogP contribution in [0.4, 0.5) is 4.79 Å². The first-order valence-corrected chi connectivity index (χ1v) is 11.4. The lowest BCUT2D eigenvalue weighted by molar-refractivity contribution is -0.0194. The Morgan fingerprint density at radius 3 is 2.87 bits per heavy atom. The van der Waals surface area contributed by atoms with Gasteiger partial charge in [0.15, 0.2) is 0 Å². The van der Waals surface area contributed by atoms with Crippen LogP contribution in [0, 0.1) is 0 Å². The van der Waals surface area contributed by atoms with Crippen molar-refractivity contribution in [2.45, 2.75) is 41.9 Å². The highest BCUT2D eigenvalue weighted by Crippen LogP contribution is 2.33. The van der Waals surface area contributed by atoms with Crippen molar-refractivity contribution in [1.29, 1.82) is 0 Å². The van der Waals surface area contributed by atoms with Crippen LogP contribution in [0.3, 0.4) is 0 Å². The summed E-state index contributed by atoms with van der Waals surface area (Å²) in [5.41, 5.74) is -0.161. The molecule has 2 saturated heterocycles. The summed E-state index contributed by atoms with van der Waals surface area (Å²) >= 11 is 0. The predicted molar refractivity (Wildman–Crippen MR) is 108 cm³/mol. The van der Waals surface area contributed by atoms with Gasteiger partial charge >= 0.3 is 6.09 Å². The molecule has 0 saturated carbocycles. The summed E-state index contributed by atoms with van der Waals surface area (Å²) in [5.74, 6) is 0.283. The minimum absolute atomic E-state index is 0.0536. The average Bonchev–Trinajstić information content (AvgIpc) is 3.12. The van der Waals surface area contributed by atoms with Crippen molar-refractivity contribution in [3.63, 3.8) is 0 Å². The number of alkyl carbamates (subject to hydrolysis) is 1. The molecule has 2 unspecified atom stereocenters. The van der Waals surface area contributed by atoms with Crippen LogP contribution in [0.5, 0.6) is 5.75 Å². The zero-order valence-electron chi connectivity index (χ0n) is 16.9. The number of carbonyl (C=O) groups is 1. The molecular weight excluding hydrogens is 414 g/mol. The third-order valence-electron chi connectivity index (χ3n) is 5.28. The summed E-state index contributed by atoms with van der Waals surface area (Å²) in [6.07, 6.45) is 0.924. The molecule has 1 aromatic carbocycles. The lowest BCUT2D eigenvalue weighted by Crippen LogP contribution is -2.43. The molecule has 1 amide bonds. The molecule has 11 heteroatoms. The van der Waals surface area contributed by atoms with Gasteiger partial charge in [0.05, 0.1) is 23.1 Å². The molecule has 3 rings (SSSR count). The third-order valence-corrected chi connectivity index (χ3v) is 6.69. The van der Waals surface area contributed by atoms with E-state index >= 15 is 0 Å². The fraction of sp³-hybridized carbons (Fsp3) is 0.632. The molecule has 4 N–H and O–H groups in total. The smallest absolute Gasteiger partial charge is 0.407 e. The maximum atomic E-state index is 12.0. The number of hydrogen-bond acceptors (Lipinski definition) is 8. The number of nitrogens with one attached hydrogen (secondary N) is 3. The van der Waals surface area contributed by atoms with Gasteiger partial charge in [-0.1, -0.05) is 6.07 Å². The van der Waals surface area contributed by atoms with Crippen LogP contribution < -0.4 is 20.1 Å². The minimum Gasteiger partial charge on any atom is -0.491 e. The largest absolute Gasteiger partial charge is 0.491 e. The van der Waals surface area contributed by atoms with E-state index in [0.717, 1.165) is 32.4 Å². The number of aliphatic hydroxyl groups is 1. The maximum Gasteiger partial charge on any atom is 0.407 e. The van der Waals surface area contributed by atoms with Gasteiger partial charge < -0.3 is 30.0 Å². The van der Waals surface area contributed by atoms with Gasteiger partial charge in [0.2, 0.25) is 10.0 Å². The summed E-state index contributed by atoms with van der Waals surface area (Å²) < 4.78 is 42.3. The molecule has 30 heavy (non-hydrogen) atoms. The zero-order valence-corrected chi connectivity index (χ0v) is 17.7. The van der Waals surface area contributed by atoms with Crippen LogP contribution in [0.2, 0.25) is 0 Å². The summed E-state index contributed by atoms with van der Waals surface area (Å²) in [5, 5.41) is 16.1. The zero-order chi connectivity index (χ0) is 21.6. The molecule has 0 radical (unpaired) electrons. The van der Waals surface area contributed by atoms with E-state index < -0.39 is 22.2 Å². The Bertz CT molecular complexity index is 827. The number of aliphatic hydroxyl groups excluding tert-OH is 1. The number of piperidine rings is 1. The fourth-order valence-corrected chi connectivity index (χ4v) is 4.40. The van der Waals surface area contributed by atoms with Gasteiger partial charge in [0.1, 0.15) is 25.1 Å². The van der Waals surface area contributed by atoms with Crippen LogP contribution in [-0.4, -0.2) is 77.3 Å². The average molecular weight is 444 g/mol. The second-order valence-corrected chi connectivity index (χ2v) is 9.42. The van der Waals surface area contributed by atoms with Crippen molar-refractivity contribution >= 4 is 16.1 Å². The van der Waals surface area contributed by atoms with E-state index in [4.69, 9.17) is 14.2 Å². The Morgan fingerprint density at radius 2 is 2.13 bits per heavy atom. The van der Waals surface area contributed by atoms with E-state index in [1.807, 2.05) is 0 Å². The summed E-state index contributed by atoms with van der Waals surface area (Å²) in [4.78, 5) is 12.1. The summed E-state index contributed by atoms with van der Waals surface area (Å²) in [7, 11) is -2.27. The Kier molecular flexibility index (Phi) is 7.53. The molecule has 2 heterocycles. The van der Waals surface area contributed by atoms with E-state index in [9.17, 15) is 18.3 Å². The summed E-state index contributed by atoms with van der Waals surface area (Å²) in [6.45, 7) is 1.87. The molecule has 2 fully saturated rings. The lowest BCUT2D eigenvalue weighted by atomic mass is 9.88. The Balaban J connectivity index is 1.38. The monoisotopic (exact) mass is 443 g/mol. The molecule has 1 spiro atoms. The highest BCUT2D eigenvalue weighted by molar-refractivity contribution is 7.89. The number of benzene rings is 1. The van der Waals surface area contributed by atoms with Crippen molar-refractivity contribution in [2.75, 3.05) is 40.0 Å². The SMILES string of the molecule is CNS(=O)(=O)c1cccc(OCC(O)COC(=O)NC2COC3(CCNCC3)C2)c1. The number of rotatable bonds is 8. The molecule has 0 bridgehead atoms. The Hall–Kier alpha value is -1.92. The van der Waals surface area contributed by atoms with E-state index in [1.54, 1.807) is 6.07 Å². The van der Waals surface area contributed by atoms with E-state index in [2.05, 4.69) is 15.4 Å². The molecule has 2 aliphatic heterocycles. The Labute approximate surface area is 176 Å². The quantitative estimate of drug-likeness (QED) is 0.440. The minimum atomic E-state index is -3.59. The lowest BCUT2D eigenvalue weighted by Gasteiger charge is -2.32. The van der Waals surface area contributed by atoms with Crippen molar-refractivity contribution in [3.05, 3.63) is 24.3 Å². The van der Waals surface area contributed by atoms with E-state index in [1.165, 1.54) is 25.2 Å². The van der Waals surface area contributed by atoms with Crippen molar-refractivity contribution < 1.29 is 32.5 Å².